The van der Waals surface area contributed by atoms with E-state index in [1.807, 2.05) is 29.7 Å². The van der Waals surface area contributed by atoms with Gasteiger partial charge in [-0.15, -0.1) is 0 Å². The highest BCUT2D eigenvalue weighted by Gasteiger charge is 2.10. The van der Waals surface area contributed by atoms with Crippen LogP contribution in [0.25, 0.3) is 11.0 Å². The maximum Gasteiger partial charge on any atom is 0.121 e. The Labute approximate surface area is 112 Å². The van der Waals surface area contributed by atoms with Crippen LogP contribution in [-0.4, -0.2) is 39.6 Å². The van der Waals surface area contributed by atoms with Crippen molar-refractivity contribution in [2.24, 2.45) is 0 Å². The molecule has 0 spiro atoms. The van der Waals surface area contributed by atoms with Gasteiger partial charge in [-0.2, -0.15) is 0 Å². The van der Waals surface area contributed by atoms with Gasteiger partial charge in [-0.1, -0.05) is 0 Å². The number of benzene rings is 1. The quantitative estimate of drug-likeness (QED) is 0.792. The lowest BCUT2D eigenvalue weighted by Crippen LogP contribution is -2.07. The van der Waals surface area contributed by atoms with Gasteiger partial charge in [0.05, 0.1) is 24.2 Å². The number of imidazole rings is 1. The smallest absolute Gasteiger partial charge is 0.121 e. The number of ether oxygens (including phenoxy) is 1. The van der Waals surface area contributed by atoms with Gasteiger partial charge in [-0.05, 0) is 25.5 Å². The first-order chi connectivity index (χ1) is 9.30. The number of hydrogen-bond acceptors (Lipinski definition) is 4. The lowest BCUT2D eigenvalue weighted by molar-refractivity contribution is 0.272. The fourth-order valence-corrected chi connectivity index (χ4v) is 2.19. The van der Waals surface area contributed by atoms with Gasteiger partial charge in [-0.3, -0.25) is 0 Å². The van der Waals surface area contributed by atoms with Crippen molar-refractivity contribution in [2.75, 3.05) is 19.8 Å². The number of fused-ring (bicyclic) bond motifs is 1. The molecule has 2 N–H and O–H groups in total. The summed E-state index contributed by atoms with van der Waals surface area (Å²) in [7, 11) is 0. The highest BCUT2D eigenvalue weighted by atomic mass is 16.5. The van der Waals surface area contributed by atoms with E-state index in [0.29, 0.717) is 26.0 Å². The molecule has 0 bridgehead atoms. The molecule has 0 saturated carbocycles. The zero-order valence-corrected chi connectivity index (χ0v) is 11.2. The molecule has 0 fully saturated rings. The molecule has 0 radical (unpaired) electrons. The number of aliphatic hydroxyl groups is 2. The third-order valence-corrected chi connectivity index (χ3v) is 2.99. The van der Waals surface area contributed by atoms with Crippen LogP contribution in [0.1, 0.15) is 19.2 Å². The van der Waals surface area contributed by atoms with Crippen LogP contribution in [0.3, 0.4) is 0 Å². The van der Waals surface area contributed by atoms with Gasteiger partial charge >= 0.3 is 0 Å². The monoisotopic (exact) mass is 264 g/mol. The predicted molar refractivity (Wildman–Crippen MR) is 73.4 cm³/mol. The van der Waals surface area contributed by atoms with Crippen LogP contribution in [0.2, 0.25) is 0 Å². The van der Waals surface area contributed by atoms with Crippen LogP contribution in [0.15, 0.2) is 18.2 Å². The van der Waals surface area contributed by atoms with E-state index in [0.717, 1.165) is 22.6 Å². The molecule has 0 atom stereocenters. The second-order valence-electron chi connectivity index (χ2n) is 4.31. The van der Waals surface area contributed by atoms with Gasteiger partial charge in [0.15, 0.2) is 0 Å². The first kappa shape index (κ1) is 13.8. The Morgan fingerprint density at radius 2 is 2.11 bits per heavy atom. The van der Waals surface area contributed by atoms with Crippen molar-refractivity contribution in [1.82, 2.24) is 9.55 Å². The summed E-state index contributed by atoms with van der Waals surface area (Å²) in [4.78, 5) is 4.57. The Bertz CT molecular complexity index is 537. The van der Waals surface area contributed by atoms with E-state index in [-0.39, 0.29) is 13.2 Å². The summed E-state index contributed by atoms with van der Waals surface area (Å²) in [5, 5.41) is 18.1. The third kappa shape index (κ3) is 3.05. The van der Waals surface area contributed by atoms with E-state index in [1.165, 1.54) is 0 Å². The molecule has 1 heterocycles. The molecular weight excluding hydrogens is 244 g/mol. The van der Waals surface area contributed by atoms with Crippen molar-refractivity contribution in [3.05, 3.63) is 24.0 Å². The maximum absolute atomic E-state index is 9.16. The van der Waals surface area contributed by atoms with Gasteiger partial charge in [-0.25, -0.2) is 4.98 Å². The highest BCUT2D eigenvalue weighted by Crippen LogP contribution is 2.22. The largest absolute Gasteiger partial charge is 0.494 e. The molecule has 0 amide bonds. The molecule has 2 aromatic rings. The van der Waals surface area contributed by atoms with Gasteiger partial charge in [0.25, 0.3) is 0 Å². The molecule has 0 unspecified atom stereocenters. The van der Waals surface area contributed by atoms with Crippen molar-refractivity contribution < 1.29 is 14.9 Å². The minimum atomic E-state index is 0.0742. The normalized spacial score (nSPS) is 11.1. The van der Waals surface area contributed by atoms with Crippen molar-refractivity contribution >= 4 is 11.0 Å². The summed E-state index contributed by atoms with van der Waals surface area (Å²) >= 11 is 0. The van der Waals surface area contributed by atoms with Crippen LogP contribution >= 0.6 is 0 Å². The minimum absolute atomic E-state index is 0.0742. The topological polar surface area (TPSA) is 67.5 Å². The summed E-state index contributed by atoms with van der Waals surface area (Å²) in [6.45, 7) is 3.31. The van der Waals surface area contributed by atoms with Gasteiger partial charge in [0.2, 0.25) is 0 Å². The highest BCUT2D eigenvalue weighted by molar-refractivity contribution is 5.77. The number of hydrogen-bond donors (Lipinski definition) is 2. The Balaban J connectivity index is 2.39. The average molecular weight is 264 g/mol. The SMILES string of the molecule is CCOc1ccc2c(c1)nc(CCCO)n2CCO. The van der Waals surface area contributed by atoms with E-state index < -0.39 is 0 Å². The standard InChI is InChI=1S/C14H20N2O3/c1-2-19-11-5-6-13-12(10-11)15-14(4-3-8-17)16(13)7-9-18/h5-6,10,17-18H,2-4,7-9H2,1H3. The minimum Gasteiger partial charge on any atom is -0.494 e. The van der Waals surface area contributed by atoms with Crippen molar-refractivity contribution in [3.63, 3.8) is 0 Å². The second kappa shape index (κ2) is 6.54. The molecule has 104 valence electrons. The molecule has 5 nitrogen and oxygen atoms in total. The van der Waals surface area contributed by atoms with Crippen LogP contribution in [0.4, 0.5) is 0 Å². The molecule has 0 saturated heterocycles. The summed E-state index contributed by atoms with van der Waals surface area (Å²) < 4.78 is 7.47. The number of nitrogens with zero attached hydrogens (tertiary/aromatic N) is 2. The number of aromatic nitrogens is 2. The molecule has 19 heavy (non-hydrogen) atoms. The molecule has 0 aliphatic heterocycles. The number of rotatable bonds is 7. The zero-order chi connectivity index (χ0) is 13.7. The summed E-state index contributed by atoms with van der Waals surface area (Å²) in [5.74, 6) is 1.70. The van der Waals surface area contributed by atoms with Crippen molar-refractivity contribution in [3.8, 4) is 5.75 Å². The average Bonchev–Trinajstić information content (AvgIpc) is 2.75. The Morgan fingerprint density at radius 1 is 1.26 bits per heavy atom. The van der Waals surface area contributed by atoms with E-state index in [1.54, 1.807) is 0 Å². The van der Waals surface area contributed by atoms with Gasteiger partial charge in [0, 0.05) is 25.6 Å². The van der Waals surface area contributed by atoms with Crippen LogP contribution in [0, 0.1) is 0 Å². The molecule has 2 rings (SSSR count). The second-order valence-corrected chi connectivity index (χ2v) is 4.31. The fourth-order valence-electron chi connectivity index (χ4n) is 2.19. The lowest BCUT2D eigenvalue weighted by Gasteiger charge is -2.07. The van der Waals surface area contributed by atoms with E-state index in [9.17, 15) is 0 Å². The first-order valence-corrected chi connectivity index (χ1v) is 6.63. The Morgan fingerprint density at radius 3 is 2.79 bits per heavy atom. The molecular formula is C14H20N2O3. The summed E-state index contributed by atoms with van der Waals surface area (Å²) in [6.07, 6.45) is 1.38. The summed E-state index contributed by atoms with van der Waals surface area (Å²) in [5.41, 5.74) is 1.86. The third-order valence-electron chi connectivity index (χ3n) is 2.99. The van der Waals surface area contributed by atoms with Gasteiger partial charge < -0.3 is 19.5 Å². The van der Waals surface area contributed by atoms with Crippen molar-refractivity contribution in [1.29, 1.82) is 0 Å². The molecule has 1 aromatic heterocycles. The zero-order valence-electron chi connectivity index (χ0n) is 11.2. The van der Waals surface area contributed by atoms with Crippen LogP contribution in [-0.2, 0) is 13.0 Å². The maximum atomic E-state index is 9.16. The van der Waals surface area contributed by atoms with Gasteiger partial charge in [0.1, 0.15) is 11.6 Å². The molecule has 1 aromatic carbocycles. The molecule has 0 aliphatic carbocycles. The Kier molecular flexibility index (Phi) is 4.76. The van der Waals surface area contributed by atoms with Crippen molar-refractivity contribution in [2.45, 2.75) is 26.3 Å². The number of aliphatic hydroxyl groups excluding tert-OH is 2. The lowest BCUT2D eigenvalue weighted by atomic mass is 10.3. The van der Waals surface area contributed by atoms with E-state index in [4.69, 9.17) is 14.9 Å². The van der Waals surface area contributed by atoms with E-state index in [2.05, 4.69) is 4.98 Å². The summed E-state index contributed by atoms with van der Waals surface area (Å²) in [6, 6.07) is 5.79. The first-order valence-electron chi connectivity index (χ1n) is 6.63. The van der Waals surface area contributed by atoms with E-state index >= 15 is 0 Å². The number of aryl methyl sites for hydroxylation is 1. The fraction of sp³-hybridized carbons (Fsp3) is 0.500. The van der Waals surface area contributed by atoms with Crippen LogP contribution < -0.4 is 4.74 Å². The van der Waals surface area contributed by atoms with Crippen LogP contribution in [0.5, 0.6) is 5.75 Å². The Hall–Kier alpha value is -1.59. The predicted octanol–water partition coefficient (Wildman–Crippen LogP) is 1.35. The molecule has 0 aliphatic rings. The molecule has 5 heteroatoms.